The topological polar surface area (TPSA) is 83.6 Å². The monoisotopic (exact) mass is 316 g/mol. The van der Waals surface area contributed by atoms with Crippen LogP contribution in [-0.2, 0) is 6.54 Å². The molecule has 8 heteroatoms. The van der Waals surface area contributed by atoms with Crippen molar-refractivity contribution in [3.8, 4) is 0 Å². The SMILES string of the molecule is CNC(C[N+](=O)[O-])NCCCSc1ccc(CN(C)C)o1. The van der Waals surface area contributed by atoms with Gasteiger partial charge >= 0.3 is 0 Å². The fourth-order valence-electron chi connectivity index (χ4n) is 1.76. The highest BCUT2D eigenvalue weighted by atomic mass is 32.2. The van der Waals surface area contributed by atoms with E-state index in [1.807, 2.05) is 26.2 Å². The Hall–Kier alpha value is -1.09. The predicted molar refractivity (Wildman–Crippen MR) is 84.2 cm³/mol. The average Bonchev–Trinajstić information content (AvgIpc) is 2.83. The Morgan fingerprint density at radius 2 is 2.24 bits per heavy atom. The summed E-state index contributed by atoms with van der Waals surface area (Å²) in [5, 5.41) is 17.3. The largest absolute Gasteiger partial charge is 0.454 e. The third-order valence-electron chi connectivity index (χ3n) is 2.75. The number of likely N-dealkylation sites (N-methyl/N-ethyl adjacent to an activating group) is 1. The molecule has 1 unspecified atom stereocenters. The molecule has 2 N–H and O–H groups in total. The van der Waals surface area contributed by atoms with E-state index in [0.29, 0.717) is 0 Å². The van der Waals surface area contributed by atoms with E-state index in [1.165, 1.54) is 0 Å². The number of hydrogen-bond acceptors (Lipinski definition) is 7. The number of rotatable bonds is 11. The average molecular weight is 316 g/mol. The lowest BCUT2D eigenvalue weighted by atomic mass is 10.4. The van der Waals surface area contributed by atoms with Crippen LogP contribution in [0.4, 0.5) is 0 Å². The van der Waals surface area contributed by atoms with Crippen LogP contribution < -0.4 is 10.6 Å². The van der Waals surface area contributed by atoms with Gasteiger partial charge in [-0.15, -0.1) is 0 Å². The maximum Gasteiger partial charge on any atom is 0.231 e. The minimum atomic E-state index is -0.321. The molecule has 7 nitrogen and oxygen atoms in total. The van der Waals surface area contributed by atoms with E-state index in [2.05, 4.69) is 15.5 Å². The van der Waals surface area contributed by atoms with E-state index in [4.69, 9.17) is 4.42 Å². The van der Waals surface area contributed by atoms with Crippen LogP contribution in [0.25, 0.3) is 0 Å². The van der Waals surface area contributed by atoms with Crippen molar-refractivity contribution >= 4 is 11.8 Å². The molecular weight excluding hydrogens is 292 g/mol. The Bertz CT molecular complexity index is 425. The molecule has 1 atom stereocenters. The number of nitro groups is 1. The summed E-state index contributed by atoms with van der Waals surface area (Å²) in [5.74, 6) is 1.87. The smallest absolute Gasteiger partial charge is 0.231 e. The van der Waals surface area contributed by atoms with Crippen LogP contribution in [0.15, 0.2) is 21.6 Å². The minimum absolute atomic E-state index is 0.115. The zero-order valence-electron chi connectivity index (χ0n) is 12.8. The van der Waals surface area contributed by atoms with Gasteiger partial charge in [0.25, 0.3) is 0 Å². The zero-order chi connectivity index (χ0) is 15.7. The molecule has 0 radical (unpaired) electrons. The van der Waals surface area contributed by atoms with Gasteiger partial charge in [-0.2, -0.15) is 0 Å². The molecule has 1 heterocycles. The Morgan fingerprint density at radius 3 is 2.86 bits per heavy atom. The van der Waals surface area contributed by atoms with Crippen LogP contribution in [0.2, 0.25) is 0 Å². The van der Waals surface area contributed by atoms with Crippen LogP contribution in [0.5, 0.6) is 0 Å². The highest BCUT2D eigenvalue weighted by Crippen LogP contribution is 2.22. The van der Waals surface area contributed by atoms with E-state index >= 15 is 0 Å². The number of nitrogens with zero attached hydrogens (tertiary/aromatic N) is 2. The maximum atomic E-state index is 10.4. The third kappa shape index (κ3) is 8.05. The number of nitrogens with one attached hydrogen (secondary N) is 2. The first-order valence-electron chi connectivity index (χ1n) is 6.90. The number of hydrogen-bond donors (Lipinski definition) is 2. The molecule has 120 valence electrons. The van der Waals surface area contributed by atoms with E-state index in [0.717, 1.165) is 36.1 Å². The summed E-state index contributed by atoms with van der Waals surface area (Å²) in [4.78, 5) is 12.2. The fraction of sp³-hybridized carbons (Fsp3) is 0.692. The van der Waals surface area contributed by atoms with Crippen molar-refractivity contribution in [3.63, 3.8) is 0 Å². The van der Waals surface area contributed by atoms with Crippen LogP contribution in [0, 0.1) is 10.1 Å². The summed E-state index contributed by atoms with van der Waals surface area (Å²) >= 11 is 1.66. The van der Waals surface area contributed by atoms with Crippen LogP contribution in [0.3, 0.4) is 0 Å². The van der Waals surface area contributed by atoms with Crippen molar-refractivity contribution in [1.82, 2.24) is 15.5 Å². The molecule has 1 aromatic rings. The standard InChI is InChI=1S/C13H24N4O3S/c1-14-12(10-17(18)19)15-7-4-8-21-13-6-5-11(20-13)9-16(2)3/h5-6,12,14-15H,4,7-10H2,1-3H3. The van der Waals surface area contributed by atoms with Gasteiger partial charge in [-0.05, 0) is 46.2 Å². The summed E-state index contributed by atoms with van der Waals surface area (Å²) in [7, 11) is 5.72. The summed E-state index contributed by atoms with van der Waals surface area (Å²) < 4.78 is 5.70. The quantitative estimate of drug-likeness (QED) is 0.209. The predicted octanol–water partition coefficient (Wildman–Crippen LogP) is 1.24. The summed E-state index contributed by atoms with van der Waals surface area (Å²) in [5.41, 5.74) is 0. The van der Waals surface area contributed by atoms with Crippen molar-refractivity contribution in [2.75, 3.05) is 40.0 Å². The van der Waals surface area contributed by atoms with Crippen molar-refractivity contribution in [1.29, 1.82) is 0 Å². The summed E-state index contributed by atoms with van der Waals surface area (Å²) in [6, 6.07) is 3.98. The molecule has 0 bridgehead atoms. The van der Waals surface area contributed by atoms with Gasteiger partial charge in [0, 0.05) is 10.7 Å². The summed E-state index contributed by atoms with van der Waals surface area (Å²) in [6.07, 6.45) is 0.643. The lowest BCUT2D eigenvalue weighted by Crippen LogP contribution is -2.45. The van der Waals surface area contributed by atoms with Gasteiger partial charge in [0.15, 0.2) is 5.09 Å². The van der Waals surface area contributed by atoms with Gasteiger partial charge in [-0.1, -0.05) is 11.8 Å². The van der Waals surface area contributed by atoms with Gasteiger partial charge in [0.2, 0.25) is 6.54 Å². The maximum absolute atomic E-state index is 10.4. The first-order valence-corrected chi connectivity index (χ1v) is 7.88. The van der Waals surface area contributed by atoms with Crippen molar-refractivity contribution in [2.24, 2.45) is 0 Å². The first kappa shape index (κ1) is 18.0. The minimum Gasteiger partial charge on any atom is -0.454 e. The molecule has 0 saturated heterocycles. The molecular formula is C13H24N4O3S. The second-order valence-corrected chi connectivity index (χ2v) is 6.07. The zero-order valence-corrected chi connectivity index (χ0v) is 13.6. The van der Waals surface area contributed by atoms with Gasteiger partial charge in [0.1, 0.15) is 11.9 Å². The Labute approximate surface area is 129 Å². The molecule has 0 aliphatic rings. The first-order chi connectivity index (χ1) is 10.0. The Kier molecular flexibility index (Phi) is 8.36. The van der Waals surface area contributed by atoms with Crippen molar-refractivity contribution in [3.05, 3.63) is 28.0 Å². The van der Waals surface area contributed by atoms with E-state index < -0.39 is 0 Å². The van der Waals surface area contributed by atoms with Crippen LogP contribution in [0.1, 0.15) is 12.2 Å². The van der Waals surface area contributed by atoms with Crippen molar-refractivity contribution in [2.45, 2.75) is 24.2 Å². The van der Waals surface area contributed by atoms with E-state index in [-0.39, 0.29) is 17.6 Å². The molecule has 0 aliphatic carbocycles. The molecule has 0 spiro atoms. The lowest BCUT2D eigenvalue weighted by molar-refractivity contribution is -0.484. The molecule has 0 amide bonds. The van der Waals surface area contributed by atoms with Crippen LogP contribution >= 0.6 is 11.8 Å². The van der Waals surface area contributed by atoms with Gasteiger partial charge in [-0.3, -0.25) is 20.7 Å². The van der Waals surface area contributed by atoms with Gasteiger partial charge in [-0.25, -0.2) is 0 Å². The van der Waals surface area contributed by atoms with Gasteiger partial charge < -0.3 is 9.32 Å². The number of thioether (sulfide) groups is 1. The Balaban J connectivity index is 2.16. The van der Waals surface area contributed by atoms with E-state index in [9.17, 15) is 10.1 Å². The molecule has 0 aliphatic heterocycles. The molecule has 21 heavy (non-hydrogen) atoms. The molecule has 0 fully saturated rings. The van der Waals surface area contributed by atoms with E-state index in [1.54, 1.807) is 18.8 Å². The third-order valence-corrected chi connectivity index (χ3v) is 3.74. The van der Waals surface area contributed by atoms with Crippen LogP contribution in [-0.4, -0.2) is 56.0 Å². The lowest BCUT2D eigenvalue weighted by Gasteiger charge is -2.13. The van der Waals surface area contributed by atoms with Gasteiger partial charge in [0.05, 0.1) is 6.54 Å². The van der Waals surface area contributed by atoms with Crippen molar-refractivity contribution < 1.29 is 9.34 Å². The highest BCUT2D eigenvalue weighted by molar-refractivity contribution is 7.99. The second-order valence-electron chi connectivity index (χ2n) is 4.97. The second kappa shape index (κ2) is 9.78. The molecule has 0 saturated carbocycles. The fourth-order valence-corrected chi connectivity index (χ4v) is 2.58. The summed E-state index contributed by atoms with van der Waals surface area (Å²) in [6.45, 7) is 1.42. The molecule has 0 aromatic carbocycles. The normalized spacial score (nSPS) is 12.8. The Morgan fingerprint density at radius 1 is 1.48 bits per heavy atom. The number of furan rings is 1. The molecule has 1 rings (SSSR count). The highest BCUT2D eigenvalue weighted by Gasteiger charge is 2.11. The molecule has 1 aromatic heterocycles.